The number of halogens is 3. The van der Waals surface area contributed by atoms with Crippen molar-refractivity contribution in [2.45, 2.75) is 31.2 Å². The van der Waals surface area contributed by atoms with Crippen molar-refractivity contribution in [3.63, 3.8) is 0 Å². The number of methoxy groups -OCH3 is 1. The van der Waals surface area contributed by atoms with Crippen LogP contribution in [0.4, 0.5) is 13.2 Å². The summed E-state index contributed by atoms with van der Waals surface area (Å²) in [5, 5.41) is 0. The van der Waals surface area contributed by atoms with Gasteiger partial charge in [-0.1, -0.05) is 0 Å². The Kier molecular flexibility index (Phi) is 5.59. The number of fused-ring (bicyclic) bond motifs is 2. The van der Waals surface area contributed by atoms with Crippen molar-refractivity contribution in [3.8, 4) is 23.0 Å². The highest BCUT2D eigenvalue weighted by Gasteiger charge is 2.48. The second kappa shape index (κ2) is 8.58. The molecule has 1 unspecified atom stereocenters. The van der Waals surface area contributed by atoms with Crippen LogP contribution in [0.1, 0.15) is 28.8 Å². The molecule has 1 saturated carbocycles. The maximum absolute atomic E-state index is 13.6. The van der Waals surface area contributed by atoms with Crippen molar-refractivity contribution in [2.75, 3.05) is 13.7 Å². The number of likely N-dealkylation sites (tertiary alicyclic amines) is 1. The predicted octanol–water partition coefficient (Wildman–Crippen LogP) is 4.25. The van der Waals surface area contributed by atoms with Gasteiger partial charge >= 0.3 is 6.18 Å². The molecule has 1 aromatic carbocycles. The molecule has 1 saturated heterocycles. The topological polar surface area (TPSA) is 77.4 Å². The molecule has 10 heteroatoms. The lowest BCUT2D eigenvalue weighted by Gasteiger charge is -2.33. The molecule has 0 N–H and O–H groups in total. The molecule has 176 valence electrons. The van der Waals surface area contributed by atoms with Crippen LogP contribution >= 0.6 is 0 Å². The van der Waals surface area contributed by atoms with Gasteiger partial charge in [-0.15, -0.1) is 0 Å². The highest BCUT2D eigenvalue weighted by molar-refractivity contribution is 6.00. The largest absolute Gasteiger partial charge is 0.497 e. The van der Waals surface area contributed by atoms with Gasteiger partial charge < -0.3 is 14.4 Å². The number of rotatable bonds is 5. The summed E-state index contributed by atoms with van der Waals surface area (Å²) in [5.74, 6) is 1.18. The quantitative estimate of drug-likeness (QED) is 0.555. The van der Waals surface area contributed by atoms with Crippen LogP contribution in [-0.2, 0) is 6.18 Å². The van der Waals surface area contributed by atoms with Gasteiger partial charge in [0.05, 0.1) is 24.3 Å². The number of carbonyl (C=O) groups is 1. The molecule has 0 spiro atoms. The second-order valence-electron chi connectivity index (χ2n) is 8.39. The SMILES string of the molecule is COc1ccc(C(=O)N2CC3C[C@@H](Oc4ccc(C(F)(F)F)cn4)[C@@H]2C3)c(-c2ncccn2)c1. The fraction of sp³-hybridized carbons (Fsp3) is 0.333. The monoisotopic (exact) mass is 470 g/mol. The number of piperidine rings is 1. The van der Waals surface area contributed by atoms with Gasteiger partial charge in [0, 0.05) is 36.8 Å². The van der Waals surface area contributed by atoms with Gasteiger partial charge in [0.1, 0.15) is 11.9 Å². The number of aromatic nitrogens is 3. The number of alkyl halides is 3. The van der Waals surface area contributed by atoms with Crippen LogP contribution in [0.25, 0.3) is 11.4 Å². The second-order valence-corrected chi connectivity index (χ2v) is 8.39. The Labute approximate surface area is 193 Å². The van der Waals surface area contributed by atoms with E-state index in [0.717, 1.165) is 18.7 Å². The van der Waals surface area contributed by atoms with Gasteiger partial charge in [-0.05, 0) is 49.1 Å². The van der Waals surface area contributed by atoms with Crippen molar-refractivity contribution in [2.24, 2.45) is 5.92 Å². The van der Waals surface area contributed by atoms with E-state index in [4.69, 9.17) is 9.47 Å². The smallest absolute Gasteiger partial charge is 0.417 e. The van der Waals surface area contributed by atoms with Gasteiger partial charge in [-0.2, -0.15) is 13.2 Å². The van der Waals surface area contributed by atoms with Crippen LogP contribution in [0.15, 0.2) is 55.0 Å². The summed E-state index contributed by atoms with van der Waals surface area (Å²) < 4.78 is 49.7. The Hall–Kier alpha value is -3.69. The van der Waals surface area contributed by atoms with Gasteiger partial charge in [0.15, 0.2) is 5.82 Å². The molecule has 2 fully saturated rings. The van der Waals surface area contributed by atoms with Gasteiger partial charge in [0.2, 0.25) is 5.88 Å². The zero-order valence-electron chi connectivity index (χ0n) is 18.2. The molecule has 3 aromatic rings. The minimum atomic E-state index is -4.46. The summed E-state index contributed by atoms with van der Waals surface area (Å²) in [6, 6.07) is 8.81. The van der Waals surface area contributed by atoms with Gasteiger partial charge in [-0.25, -0.2) is 15.0 Å². The Balaban J connectivity index is 1.38. The van der Waals surface area contributed by atoms with Crippen LogP contribution in [0.5, 0.6) is 11.6 Å². The third kappa shape index (κ3) is 4.15. The highest BCUT2D eigenvalue weighted by atomic mass is 19.4. The number of ether oxygens (including phenoxy) is 2. The normalized spacial score (nSPS) is 21.5. The van der Waals surface area contributed by atoms with E-state index >= 15 is 0 Å². The van der Waals surface area contributed by atoms with Gasteiger partial charge in [-0.3, -0.25) is 4.79 Å². The molecule has 2 aromatic heterocycles. The van der Waals surface area contributed by atoms with Crippen LogP contribution in [-0.4, -0.2) is 51.6 Å². The van der Waals surface area contributed by atoms with E-state index in [2.05, 4.69) is 15.0 Å². The molecule has 3 heterocycles. The Morgan fingerprint density at radius 2 is 1.88 bits per heavy atom. The first-order valence-corrected chi connectivity index (χ1v) is 10.8. The van der Waals surface area contributed by atoms with E-state index in [1.54, 1.807) is 48.7 Å². The summed E-state index contributed by atoms with van der Waals surface area (Å²) in [6.07, 6.45) is 0.651. The Morgan fingerprint density at radius 3 is 2.53 bits per heavy atom. The van der Waals surface area contributed by atoms with Crippen LogP contribution in [0.2, 0.25) is 0 Å². The maximum atomic E-state index is 13.6. The van der Waals surface area contributed by atoms with Crippen molar-refractivity contribution in [1.82, 2.24) is 19.9 Å². The fourth-order valence-electron chi connectivity index (χ4n) is 4.71. The molecule has 2 bridgehead atoms. The molecule has 3 atom stereocenters. The summed E-state index contributed by atoms with van der Waals surface area (Å²) in [7, 11) is 1.54. The van der Waals surface area contributed by atoms with E-state index in [1.165, 1.54) is 6.07 Å². The average Bonchev–Trinajstić information content (AvgIpc) is 3.44. The number of benzene rings is 1. The molecule has 7 nitrogen and oxygen atoms in total. The zero-order chi connectivity index (χ0) is 23.9. The fourth-order valence-corrected chi connectivity index (χ4v) is 4.71. The lowest BCUT2D eigenvalue weighted by atomic mass is 10.0. The molecule has 1 amide bonds. The lowest BCUT2D eigenvalue weighted by molar-refractivity contribution is -0.137. The third-order valence-electron chi connectivity index (χ3n) is 6.29. The molecule has 2 aliphatic rings. The third-order valence-corrected chi connectivity index (χ3v) is 6.29. The number of amides is 1. The number of nitrogens with zero attached hydrogens (tertiary/aromatic N) is 4. The Morgan fingerprint density at radius 1 is 1.09 bits per heavy atom. The minimum Gasteiger partial charge on any atom is -0.497 e. The van der Waals surface area contributed by atoms with E-state index in [9.17, 15) is 18.0 Å². The van der Waals surface area contributed by atoms with E-state index < -0.39 is 11.7 Å². The summed E-state index contributed by atoms with van der Waals surface area (Å²) in [4.78, 5) is 27.8. The summed E-state index contributed by atoms with van der Waals surface area (Å²) in [6.45, 7) is 0.588. The van der Waals surface area contributed by atoms with Crippen molar-refractivity contribution in [3.05, 3.63) is 66.1 Å². The molecular weight excluding hydrogens is 449 g/mol. The number of hydrogen-bond donors (Lipinski definition) is 0. The molecule has 5 rings (SSSR count). The van der Waals surface area contributed by atoms with Gasteiger partial charge in [0.25, 0.3) is 5.91 Å². The van der Waals surface area contributed by atoms with Crippen molar-refractivity contribution >= 4 is 5.91 Å². The molecule has 0 radical (unpaired) electrons. The predicted molar refractivity (Wildman–Crippen MR) is 115 cm³/mol. The number of carbonyl (C=O) groups excluding carboxylic acids is 1. The maximum Gasteiger partial charge on any atom is 0.417 e. The molecule has 1 aliphatic heterocycles. The number of pyridine rings is 1. The molecule has 34 heavy (non-hydrogen) atoms. The molecular formula is C24H21F3N4O3. The first kappa shape index (κ1) is 22.1. The first-order valence-electron chi connectivity index (χ1n) is 10.8. The summed E-state index contributed by atoms with van der Waals surface area (Å²) >= 11 is 0. The minimum absolute atomic E-state index is 0.112. The highest BCUT2D eigenvalue weighted by Crippen LogP contribution is 2.41. The zero-order valence-corrected chi connectivity index (χ0v) is 18.2. The van der Waals surface area contributed by atoms with Crippen molar-refractivity contribution in [1.29, 1.82) is 0 Å². The van der Waals surface area contributed by atoms with Crippen LogP contribution in [0.3, 0.4) is 0 Å². The first-order chi connectivity index (χ1) is 16.3. The Bertz CT molecular complexity index is 1190. The van der Waals surface area contributed by atoms with Crippen LogP contribution in [0, 0.1) is 5.92 Å². The number of hydrogen-bond acceptors (Lipinski definition) is 6. The average molecular weight is 470 g/mol. The van der Waals surface area contributed by atoms with Crippen LogP contribution < -0.4 is 9.47 Å². The summed E-state index contributed by atoms with van der Waals surface area (Å²) in [5.41, 5.74) is 0.181. The molecule has 1 aliphatic carbocycles. The van der Waals surface area contributed by atoms with Crippen molar-refractivity contribution < 1.29 is 27.4 Å². The lowest BCUT2D eigenvalue weighted by Crippen LogP contribution is -2.47. The van der Waals surface area contributed by atoms with E-state index in [-0.39, 0.29) is 29.9 Å². The standard InChI is InChI=1S/C24H21F3N4O3/c1-33-16-4-5-17(18(11-16)22-28-7-2-8-29-22)23(32)31-13-14-9-19(31)20(10-14)34-21-6-3-15(12-30-21)24(25,26)27/h2-8,11-12,14,19-20H,9-10,13H2,1H3/t14?,19-,20+/m0/s1. The van der Waals surface area contributed by atoms with E-state index in [0.29, 0.717) is 35.7 Å². The van der Waals surface area contributed by atoms with E-state index in [1.807, 2.05) is 0 Å².